The Hall–Kier alpha value is 0.620. The van der Waals surface area contributed by atoms with E-state index in [1.807, 2.05) is 0 Å². The van der Waals surface area contributed by atoms with Gasteiger partial charge in [0.05, 0.1) is 10.0 Å². The minimum absolute atomic E-state index is 0.490. The normalized spacial score (nSPS) is 10.4. The minimum Gasteiger partial charge on any atom is -0.195 e. The van der Waals surface area contributed by atoms with Crippen LogP contribution >= 0.6 is 56.2 Å². The fourth-order valence-electron chi connectivity index (χ4n) is 0.470. The van der Waals surface area contributed by atoms with Crippen molar-refractivity contribution in [1.29, 1.82) is 0 Å². The van der Waals surface area contributed by atoms with Gasteiger partial charge in [0.2, 0.25) is 0 Å². The summed E-state index contributed by atoms with van der Waals surface area (Å²) in [5.74, 6) is 0. The molecule has 0 aliphatic rings. The van der Waals surface area contributed by atoms with Crippen molar-refractivity contribution >= 4 is 64.4 Å². The van der Waals surface area contributed by atoms with Crippen LogP contribution in [0.4, 0.5) is 0 Å². The highest BCUT2D eigenvalue weighted by Crippen LogP contribution is 2.24. The first-order chi connectivity index (χ1) is 6.20. The fourth-order valence-corrected chi connectivity index (χ4v) is 0.997. The first-order valence-corrected chi connectivity index (χ1v) is 7.22. The lowest BCUT2D eigenvalue weighted by Gasteiger charge is -1.92. The summed E-state index contributed by atoms with van der Waals surface area (Å²) >= 11 is 16.8. The molecule has 0 aliphatic heterocycles. The van der Waals surface area contributed by atoms with Crippen molar-refractivity contribution in [2.75, 3.05) is 0 Å². The molecule has 1 rings (SSSR count). The smallest absolute Gasteiger partial charge is 0.195 e. The van der Waals surface area contributed by atoms with E-state index in [9.17, 15) is 0 Å². The van der Waals surface area contributed by atoms with E-state index in [-0.39, 0.29) is 0 Å². The van der Waals surface area contributed by atoms with Gasteiger partial charge in [-0.25, -0.2) is 0 Å². The molecule has 0 N–H and O–H groups in total. The molecule has 0 atom stereocenters. The highest BCUT2D eigenvalue weighted by Gasteiger charge is 1.95. The SMILES string of the molecule is Clc1ccc(Cl)c(Cl)c1.O=S(=O)(Cl)Cl. The number of halogens is 5. The summed E-state index contributed by atoms with van der Waals surface area (Å²) in [5.41, 5.74) is 0. The second-order valence-electron chi connectivity index (χ2n) is 1.94. The van der Waals surface area contributed by atoms with Crippen LogP contribution in [0.3, 0.4) is 0 Å². The molecular weight excluding hydrogens is 313 g/mol. The Labute approximate surface area is 106 Å². The molecule has 0 unspecified atom stereocenters. The molecule has 2 nitrogen and oxygen atoms in total. The molecule has 0 radical (unpaired) electrons. The zero-order chi connectivity index (χ0) is 11.4. The van der Waals surface area contributed by atoms with Crippen molar-refractivity contribution in [1.82, 2.24) is 0 Å². The average molecular weight is 316 g/mol. The Kier molecular flexibility index (Phi) is 6.53. The predicted octanol–water partition coefficient (Wildman–Crippen LogP) is 4.36. The van der Waals surface area contributed by atoms with Crippen LogP contribution in [-0.4, -0.2) is 8.42 Å². The monoisotopic (exact) mass is 314 g/mol. The molecule has 1 aromatic rings. The third-order valence-electron chi connectivity index (χ3n) is 0.882. The average Bonchev–Trinajstić information content (AvgIpc) is 1.94. The highest BCUT2D eigenvalue weighted by molar-refractivity contribution is 8.31. The quantitative estimate of drug-likeness (QED) is 0.526. The summed E-state index contributed by atoms with van der Waals surface area (Å²) in [5, 5.41) is 1.62. The maximum absolute atomic E-state index is 9.16. The first kappa shape index (κ1) is 14.6. The lowest BCUT2D eigenvalue weighted by molar-refractivity contribution is 0.621. The molecule has 1 aromatic carbocycles. The van der Waals surface area contributed by atoms with Gasteiger partial charge in [0, 0.05) is 26.4 Å². The summed E-state index contributed by atoms with van der Waals surface area (Å²) in [6, 6.07) is 4.95. The van der Waals surface area contributed by atoms with Crippen molar-refractivity contribution in [3.8, 4) is 0 Å². The second kappa shape index (κ2) is 6.26. The van der Waals surface area contributed by atoms with Crippen molar-refractivity contribution in [3.63, 3.8) is 0 Å². The maximum atomic E-state index is 9.16. The topological polar surface area (TPSA) is 34.1 Å². The second-order valence-corrected chi connectivity index (χ2v) is 6.86. The van der Waals surface area contributed by atoms with Crippen LogP contribution in [0.25, 0.3) is 0 Å². The van der Waals surface area contributed by atoms with Crippen LogP contribution in [0.1, 0.15) is 0 Å². The van der Waals surface area contributed by atoms with Gasteiger partial charge in [0.25, 0.3) is 0 Å². The standard InChI is InChI=1S/C6H3Cl3.Cl2O2S/c7-4-1-2-5(8)6(9)3-4;1-5(2,3)4/h1-3H;. The van der Waals surface area contributed by atoms with Gasteiger partial charge in [0.15, 0.2) is 0 Å². The molecule has 0 amide bonds. The molecule has 0 spiro atoms. The summed E-state index contributed by atoms with van der Waals surface area (Å²) in [6.45, 7) is 0. The third kappa shape index (κ3) is 9.19. The third-order valence-corrected chi connectivity index (χ3v) is 1.86. The van der Waals surface area contributed by atoms with Gasteiger partial charge in [-0.1, -0.05) is 34.8 Å². The van der Waals surface area contributed by atoms with Crippen molar-refractivity contribution in [3.05, 3.63) is 33.3 Å². The summed E-state index contributed by atoms with van der Waals surface area (Å²) in [4.78, 5) is 0. The Balaban J connectivity index is 0.000000292. The minimum atomic E-state index is -3.72. The largest absolute Gasteiger partial charge is 0.317 e. The molecule has 0 aliphatic carbocycles. The zero-order valence-corrected chi connectivity index (χ0v) is 10.9. The lowest BCUT2D eigenvalue weighted by Crippen LogP contribution is -1.66. The van der Waals surface area contributed by atoms with E-state index in [4.69, 9.17) is 43.2 Å². The Bertz CT molecular complexity index is 395. The molecule has 14 heavy (non-hydrogen) atoms. The van der Waals surface area contributed by atoms with Crippen LogP contribution in [0.15, 0.2) is 18.2 Å². The summed E-state index contributed by atoms with van der Waals surface area (Å²) in [7, 11) is 4.81. The van der Waals surface area contributed by atoms with E-state index in [0.29, 0.717) is 15.1 Å². The lowest BCUT2D eigenvalue weighted by atomic mass is 10.4. The maximum Gasteiger partial charge on any atom is 0.317 e. The zero-order valence-electron chi connectivity index (χ0n) is 6.35. The van der Waals surface area contributed by atoms with Crippen molar-refractivity contribution in [2.45, 2.75) is 0 Å². The molecule has 0 heterocycles. The van der Waals surface area contributed by atoms with Crippen LogP contribution in [-0.2, 0) is 8.26 Å². The van der Waals surface area contributed by atoms with Gasteiger partial charge in [-0.3, -0.25) is 0 Å². The summed E-state index contributed by atoms with van der Waals surface area (Å²) in [6.07, 6.45) is 0. The first-order valence-electron chi connectivity index (χ1n) is 2.95. The molecule has 0 bridgehead atoms. The van der Waals surface area contributed by atoms with Crippen LogP contribution < -0.4 is 0 Å². The van der Waals surface area contributed by atoms with E-state index < -0.39 is 8.26 Å². The van der Waals surface area contributed by atoms with Crippen molar-refractivity contribution in [2.24, 2.45) is 0 Å². The van der Waals surface area contributed by atoms with Gasteiger partial charge in [0.1, 0.15) is 0 Å². The Morgan fingerprint density at radius 3 is 1.64 bits per heavy atom. The Morgan fingerprint density at radius 1 is 0.929 bits per heavy atom. The van der Waals surface area contributed by atoms with E-state index >= 15 is 0 Å². The van der Waals surface area contributed by atoms with E-state index in [0.717, 1.165) is 0 Å². The van der Waals surface area contributed by atoms with Gasteiger partial charge in [-0.15, -0.1) is 0 Å². The van der Waals surface area contributed by atoms with Gasteiger partial charge < -0.3 is 0 Å². The van der Waals surface area contributed by atoms with Crippen LogP contribution in [0.5, 0.6) is 0 Å². The van der Waals surface area contributed by atoms with Crippen LogP contribution in [0.2, 0.25) is 15.1 Å². The Morgan fingerprint density at radius 2 is 1.36 bits per heavy atom. The summed E-state index contributed by atoms with van der Waals surface area (Å²) < 4.78 is 18.3. The van der Waals surface area contributed by atoms with Gasteiger partial charge >= 0.3 is 8.26 Å². The molecule has 0 saturated carbocycles. The van der Waals surface area contributed by atoms with E-state index in [1.165, 1.54) is 0 Å². The number of hydrogen-bond acceptors (Lipinski definition) is 2. The van der Waals surface area contributed by atoms with Gasteiger partial charge in [-0.2, -0.15) is 8.42 Å². The van der Waals surface area contributed by atoms with E-state index in [1.54, 1.807) is 18.2 Å². The van der Waals surface area contributed by atoms with E-state index in [2.05, 4.69) is 21.4 Å². The molecule has 0 aromatic heterocycles. The molecule has 0 fully saturated rings. The molecule has 0 saturated heterocycles. The van der Waals surface area contributed by atoms with Crippen LogP contribution in [0, 0.1) is 0 Å². The fraction of sp³-hybridized carbons (Fsp3) is 0. The number of benzene rings is 1. The van der Waals surface area contributed by atoms with Gasteiger partial charge in [-0.05, 0) is 18.2 Å². The number of hydrogen-bond donors (Lipinski definition) is 0. The molecule has 80 valence electrons. The molecule has 8 heteroatoms. The highest BCUT2D eigenvalue weighted by atomic mass is 36.0. The van der Waals surface area contributed by atoms with Crippen molar-refractivity contribution < 1.29 is 8.42 Å². The predicted molar refractivity (Wildman–Crippen MR) is 62.1 cm³/mol. The number of rotatable bonds is 0. The molecular formula is C6H3Cl5O2S.